The lowest BCUT2D eigenvalue weighted by atomic mass is 10.1. The van der Waals surface area contributed by atoms with Gasteiger partial charge in [0.05, 0.1) is 4.88 Å². The molecule has 0 spiro atoms. The van der Waals surface area contributed by atoms with Gasteiger partial charge in [0.25, 0.3) is 0 Å². The SMILES string of the molecule is OC(c1ccccc1I)c1sccc1Br. The van der Waals surface area contributed by atoms with Crippen molar-refractivity contribution in [3.63, 3.8) is 0 Å². The summed E-state index contributed by atoms with van der Waals surface area (Å²) < 4.78 is 2.06. The molecule has 0 aliphatic carbocycles. The van der Waals surface area contributed by atoms with Gasteiger partial charge < -0.3 is 5.11 Å². The van der Waals surface area contributed by atoms with Gasteiger partial charge in [0, 0.05) is 8.04 Å². The molecule has 0 aliphatic rings. The zero-order valence-corrected chi connectivity index (χ0v) is 12.2. The van der Waals surface area contributed by atoms with Crippen molar-refractivity contribution in [3.8, 4) is 0 Å². The summed E-state index contributed by atoms with van der Waals surface area (Å²) in [5, 5.41) is 12.2. The summed E-state index contributed by atoms with van der Waals surface area (Å²) >= 11 is 7.24. The van der Waals surface area contributed by atoms with Crippen molar-refractivity contribution >= 4 is 49.9 Å². The molecule has 1 N–H and O–H groups in total. The number of thiophene rings is 1. The van der Waals surface area contributed by atoms with E-state index < -0.39 is 6.10 Å². The highest BCUT2D eigenvalue weighted by atomic mass is 127. The van der Waals surface area contributed by atoms with E-state index in [2.05, 4.69) is 38.5 Å². The molecule has 0 bridgehead atoms. The highest BCUT2D eigenvalue weighted by molar-refractivity contribution is 14.1. The third kappa shape index (κ3) is 2.43. The van der Waals surface area contributed by atoms with Crippen LogP contribution in [0.25, 0.3) is 0 Å². The fourth-order valence-corrected chi connectivity index (χ4v) is 3.61. The molecule has 1 aromatic carbocycles. The van der Waals surface area contributed by atoms with Crippen LogP contribution in [0.3, 0.4) is 0 Å². The lowest BCUT2D eigenvalue weighted by Gasteiger charge is -2.11. The van der Waals surface area contributed by atoms with Gasteiger partial charge in [-0.25, -0.2) is 0 Å². The van der Waals surface area contributed by atoms with E-state index in [9.17, 15) is 5.11 Å². The average molecular weight is 395 g/mol. The number of hydrogen-bond acceptors (Lipinski definition) is 2. The van der Waals surface area contributed by atoms with Gasteiger partial charge >= 0.3 is 0 Å². The van der Waals surface area contributed by atoms with Crippen LogP contribution in [0.5, 0.6) is 0 Å². The maximum Gasteiger partial charge on any atom is 0.115 e. The quantitative estimate of drug-likeness (QED) is 0.757. The van der Waals surface area contributed by atoms with E-state index in [4.69, 9.17) is 0 Å². The molecule has 1 heterocycles. The van der Waals surface area contributed by atoms with Gasteiger partial charge in [-0.3, -0.25) is 0 Å². The molecule has 15 heavy (non-hydrogen) atoms. The van der Waals surface area contributed by atoms with Crippen molar-refractivity contribution in [2.45, 2.75) is 6.10 Å². The van der Waals surface area contributed by atoms with Crippen LogP contribution < -0.4 is 0 Å². The smallest absolute Gasteiger partial charge is 0.115 e. The Balaban J connectivity index is 2.41. The van der Waals surface area contributed by atoms with Crippen molar-refractivity contribution in [1.82, 2.24) is 0 Å². The molecular formula is C11H8BrIOS. The van der Waals surface area contributed by atoms with E-state index in [0.717, 1.165) is 18.5 Å². The summed E-state index contributed by atoms with van der Waals surface area (Å²) in [6.07, 6.45) is -0.535. The lowest BCUT2D eigenvalue weighted by molar-refractivity contribution is 0.222. The molecule has 2 rings (SSSR count). The van der Waals surface area contributed by atoms with Crippen LogP contribution in [-0.2, 0) is 0 Å². The first-order valence-corrected chi connectivity index (χ1v) is 7.10. The molecule has 0 radical (unpaired) electrons. The number of benzene rings is 1. The number of halogens is 2. The minimum Gasteiger partial charge on any atom is -0.383 e. The van der Waals surface area contributed by atoms with Crippen LogP contribution in [-0.4, -0.2) is 5.11 Å². The number of aliphatic hydroxyl groups excluding tert-OH is 1. The predicted octanol–water partition coefficient (Wildman–Crippen LogP) is 4.20. The molecule has 1 nitrogen and oxygen atoms in total. The van der Waals surface area contributed by atoms with Crippen LogP contribution in [0.15, 0.2) is 40.2 Å². The Hall–Kier alpha value is 0.0900. The molecule has 2 aromatic rings. The molecule has 1 atom stereocenters. The summed E-state index contributed by atoms with van der Waals surface area (Å²) in [7, 11) is 0. The molecular weight excluding hydrogens is 387 g/mol. The standard InChI is InChI=1S/C11H8BrIOS/c12-8-5-6-15-11(8)10(14)7-3-1-2-4-9(7)13/h1-6,10,14H. The minimum absolute atomic E-state index is 0.535. The maximum absolute atomic E-state index is 10.2. The third-order valence-corrected chi connectivity index (χ3v) is 5.00. The Kier molecular flexibility index (Phi) is 3.82. The fourth-order valence-electron chi connectivity index (χ4n) is 1.34. The third-order valence-electron chi connectivity index (χ3n) is 2.09. The van der Waals surface area contributed by atoms with Crippen LogP contribution in [0.1, 0.15) is 16.5 Å². The van der Waals surface area contributed by atoms with Crippen LogP contribution in [0, 0.1) is 3.57 Å². The predicted molar refractivity (Wildman–Crippen MR) is 75.2 cm³/mol. The van der Waals surface area contributed by atoms with Gasteiger partial charge in [-0.05, 0) is 61.6 Å². The van der Waals surface area contributed by atoms with Crippen molar-refractivity contribution in [2.75, 3.05) is 0 Å². The topological polar surface area (TPSA) is 20.2 Å². The molecule has 0 fully saturated rings. The van der Waals surface area contributed by atoms with Crippen LogP contribution in [0.4, 0.5) is 0 Å². The van der Waals surface area contributed by atoms with Gasteiger partial charge in [0.1, 0.15) is 6.10 Å². The van der Waals surface area contributed by atoms with Crippen molar-refractivity contribution in [2.24, 2.45) is 0 Å². The van der Waals surface area contributed by atoms with Gasteiger partial charge in [0.2, 0.25) is 0 Å². The Morgan fingerprint density at radius 3 is 2.60 bits per heavy atom. The second-order valence-corrected chi connectivity index (χ2v) is 6.02. The van der Waals surface area contributed by atoms with Crippen molar-refractivity contribution in [3.05, 3.63) is 54.2 Å². The summed E-state index contributed by atoms with van der Waals surface area (Å²) in [6, 6.07) is 9.84. The average Bonchev–Trinajstić information content (AvgIpc) is 2.64. The molecule has 0 amide bonds. The first-order valence-electron chi connectivity index (χ1n) is 4.35. The highest BCUT2D eigenvalue weighted by Gasteiger charge is 2.16. The number of aliphatic hydroxyl groups is 1. The molecule has 78 valence electrons. The van der Waals surface area contributed by atoms with Gasteiger partial charge in [0.15, 0.2) is 0 Å². The second kappa shape index (κ2) is 4.95. The molecule has 1 aromatic heterocycles. The first kappa shape index (κ1) is 11.6. The van der Waals surface area contributed by atoms with Gasteiger partial charge in [-0.2, -0.15) is 0 Å². The molecule has 1 unspecified atom stereocenters. The van der Waals surface area contributed by atoms with Crippen LogP contribution >= 0.6 is 49.9 Å². The lowest BCUT2D eigenvalue weighted by Crippen LogP contribution is -2.00. The Morgan fingerprint density at radius 2 is 2.00 bits per heavy atom. The van der Waals surface area contributed by atoms with Crippen molar-refractivity contribution < 1.29 is 5.11 Å². The zero-order valence-electron chi connectivity index (χ0n) is 7.65. The molecule has 4 heteroatoms. The molecule has 0 aliphatic heterocycles. The maximum atomic E-state index is 10.2. The van der Waals surface area contributed by atoms with Crippen LogP contribution in [0.2, 0.25) is 0 Å². The van der Waals surface area contributed by atoms with E-state index in [0.29, 0.717) is 0 Å². The summed E-state index contributed by atoms with van der Waals surface area (Å²) in [5.74, 6) is 0. The summed E-state index contributed by atoms with van der Waals surface area (Å²) in [6.45, 7) is 0. The van der Waals surface area contributed by atoms with E-state index >= 15 is 0 Å². The molecule has 0 saturated heterocycles. The molecule has 0 saturated carbocycles. The fraction of sp³-hybridized carbons (Fsp3) is 0.0909. The Morgan fingerprint density at radius 1 is 1.27 bits per heavy atom. The van der Waals surface area contributed by atoms with Gasteiger partial charge in [-0.15, -0.1) is 11.3 Å². The van der Waals surface area contributed by atoms with E-state index in [1.807, 2.05) is 35.7 Å². The summed E-state index contributed by atoms with van der Waals surface area (Å²) in [5.41, 5.74) is 0.959. The van der Waals surface area contributed by atoms with Crippen molar-refractivity contribution in [1.29, 1.82) is 0 Å². The highest BCUT2D eigenvalue weighted by Crippen LogP contribution is 2.34. The van der Waals surface area contributed by atoms with Gasteiger partial charge in [-0.1, -0.05) is 18.2 Å². The van der Waals surface area contributed by atoms with E-state index in [1.165, 1.54) is 0 Å². The van der Waals surface area contributed by atoms with E-state index in [-0.39, 0.29) is 0 Å². The summed E-state index contributed by atoms with van der Waals surface area (Å²) in [4.78, 5) is 0.958. The first-order chi connectivity index (χ1) is 7.20. The number of hydrogen-bond donors (Lipinski definition) is 1. The van der Waals surface area contributed by atoms with E-state index in [1.54, 1.807) is 11.3 Å². The zero-order chi connectivity index (χ0) is 10.8. The second-order valence-electron chi connectivity index (χ2n) is 3.06. The monoisotopic (exact) mass is 394 g/mol. The minimum atomic E-state index is -0.535. The number of rotatable bonds is 2. The largest absolute Gasteiger partial charge is 0.383 e. The Labute approximate surface area is 114 Å². The Bertz CT molecular complexity index is 469. The normalized spacial score (nSPS) is 12.7.